The predicted octanol–water partition coefficient (Wildman–Crippen LogP) is 4.12. The van der Waals surface area contributed by atoms with Crippen molar-refractivity contribution in [1.82, 2.24) is 10.2 Å². The van der Waals surface area contributed by atoms with Gasteiger partial charge in [-0.2, -0.15) is 5.10 Å². The van der Waals surface area contributed by atoms with Crippen LogP contribution in [0.25, 0.3) is 11.3 Å². The number of amides is 1. The van der Waals surface area contributed by atoms with Crippen molar-refractivity contribution in [3.05, 3.63) is 71.1 Å². The normalized spacial score (nSPS) is 10.5. The molecule has 0 radical (unpaired) electrons. The average molecular weight is 316 g/mol. The van der Waals surface area contributed by atoms with E-state index in [-0.39, 0.29) is 5.56 Å². The van der Waals surface area contributed by atoms with E-state index in [0.717, 1.165) is 11.3 Å². The zero-order valence-corrected chi connectivity index (χ0v) is 12.1. The van der Waals surface area contributed by atoms with Gasteiger partial charge >= 0.3 is 0 Å². The lowest BCUT2D eigenvalue weighted by Crippen LogP contribution is -2.13. The first-order chi connectivity index (χ1) is 10.6. The number of rotatable bonds is 3. The molecule has 0 aliphatic carbocycles. The maximum absolute atomic E-state index is 13.6. The van der Waals surface area contributed by atoms with Crippen LogP contribution in [0.5, 0.6) is 0 Å². The average Bonchev–Trinajstić information content (AvgIpc) is 3.05. The predicted molar refractivity (Wildman–Crippen MR) is 83.4 cm³/mol. The van der Waals surface area contributed by atoms with Crippen LogP contribution in [0.3, 0.4) is 0 Å². The summed E-state index contributed by atoms with van der Waals surface area (Å²) in [4.78, 5) is 12.1. The van der Waals surface area contributed by atoms with E-state index in [2.05, 4.69) is 15.5 Å². The van der Waals surface area contributed by atoms with Gasteiger partial charge in [-0.3, -0.25) is 9.89 Å². The van der Waals surface area contributed by atoms with Gasteiger partial charge in [-0.25, -0.2) is 4.39 Å². The number of H-pyrrole nitrogens is 1. The molecule has 1 heterocycles. The molecule has 1 aromatic heterocycles. The van der Waals surface area contributed by atoms with Crippen LogP contribution in [0, 0.1) is 5.82 Å². The van der Waals surface area contributed by atoms with Gasteiger partial charge in [-0.1, -0.05) is 23.7 Å². The Balaban J connectivity index is 1.78. The number of nitrogens with zero attached hydrogens (tertiary/aromatic N) is 1. The molecular formula is C16H11ClFN3O. The molecule has 0 saturated heterocycles. The molecule has 22 heavy (non-hydrogen) atoms. The maximum Gasteiger partial charge on any atom is 0.258 e. The Morgan fingerprint density at radius 2 is 1.91 bits per heavy atom. The largest absolute Gasteiger partial charge is 0.322 e. The summed E-state index contributed by atoms with van der Waals surface area (Å²) < 4.78 is 13.6. The number of carbonyl (C=O) groups excluding carboxylic acids is 1. The number of aromatic nitrogens is 2. The zero-order valence-electron chi connectivity index (χ0n) is 11.3. The van der Waals surface area contributed by atoms with E-state index < -0.39 is 11.7 Å². The third-order valence-electron chi connectivity index (χ3n) is 3.13. The highest BCUT2D eigenvalue weighted by atomic mass is 35.5. The molecule has 0 atom stereocenters. The van der Waals surface area contributed by atoms with Gasteiger partial charge in [0, 0.05) is 16.9 Å². The molecule has 0 aliphatic rings. The van der Waals surface area contributed by atoms with Crippen LogP contribution in [0.1, 0.15) is 10.4 Å². The Kier molecular flexibility index (Phi) is 3.89. The monoisotopic (exact) mass is 315 g/mol. The first kappa shape index (κ1) is 14.3. The van der Waals surface area contributed by atoms with Crippen molar-refractivity contribution in [1.29, 1.82) is 0 Å². The van der Waals surface area contributed by atoms with Gasteiger partial charge < -0.3 is 5.32 Å². The van der Waals surface area contributed by atoms with E-state index in [1.54, 1.807) is 18.3 Å². The second kappa shape index (κ2) is 5.99. The van der Waals surface area contributed by atoms with E-state index in [1.807, 2.05) is 18.2 Å². The van der Waals surface area contributed by atoms with Crippen molar-refractivity contribution in [2.45, 2.75) is 0 Å². The van der Waals surface area contributed by atoms with Crippen molar-refractivity contribution in [2.75, 3.05) is 5.32 Å². The lowest BCUT2D eigenvalue weighted by Gasteiger charge is -2.07. The van der Waals surface area contributed by atoms with E-state index in [0.29, 0.717) is 10.7 Å². The molecule has 0 saturated carbocycles. The fraction of sp³-hybridized carbons (Fsp3) is 0. The maximum atomic E-state index is 13.6. The van der Waals surface area contributed by atoms with Crippen molar-refractivity contribution in [3.63, 3.8) is 0 Å². The Morgan fingerprint density at radius 1 is 1.14 bits per heavy atom. The SMILES string of the molecule is O=C(Nc1ccc(-c2ccn[nH]2)cc1)c1cc(Cl)ccc1F. The molecule has 4 nitrogen and oxygen atoms in total. The number of aromatic amines is 1. The first-order valence-corrected chi connectivity index (χ1v) is 6.87. The van der Waals surface area contributed by atoms with E-state index in [4.69, 9.17) is 11.6 Å². The number of anilines is 1. The molecular weight excluding hydrogens is 305 g/mol. The summed E-state index contributed by atoms with van der Waals surface area (Å²) in [6.45, 7) is 0. The van der Waals surface area contributed by atoms with Gasteiger partial charge in [0.1, 0.15) is 5.82 Å². The molecule has 0 fully saturated rings. The third-order valence-corrected chi connectivity index (χ3v) is 3.36. The van der Waals surface area contributed by atoms with Gasteiger partial charge in [-0.15, -0.1) is 0 Å². The van der Waals surface area contributed by atoms with Crippen LogP contribution in [-0.4, -0.2) is 16.1 Å². The molecule has 0 unspecified atom stereocenters. The molecule has 3 rings (SSSR count). The Morgan fingerprint density at radius 3 is 2.59 bits per heavy atom. The number of benzene rings is 2. The quantitative estimate of drug-likeness (QED) is 0.763. The Labute approximate surface area is 130 Å². The van der Waals surface area contributed by atoms with Crippen LogP contribution in [-0.2, 0) is 0 Å². The molecule has 0 spiro atoms. The topological polar surface area (TPSA) is 57.8 Å². The van der Waals surface area contributed by atoms with Crippen molar-refractivity contribution < 1.29 is 9.18 Å². The third kappa shape index (κ3) is 2.99. The van der Waals surface area contributed by atoms with Crippen LogP contribution in [0.2, 0.25) is 5.02 Å². The number of hydrogen-bond acceptors (Lipinski definition) is 2. The number of hydrogen-bond donors (Lipinski definition) is 2. The highest BCUT2D eigenvalue weighted by molar-refractivity contribution is 6.31. The fourth-order valence-electron chi connectivity index (χ4n) is 2.02. The second-order valence-corrected chi connectivity index (χ2v) is 5.06. The van der Waals surface area contributed by atoms with Crippen LogP contribution in [0.4, 0.5) is 10.1 Å². The van der Waals surface area contributed by atoms with Gasteiger partial charge in [0.15, 0.2) is 0 Å². The van der Waals surface area contributed by atoms with Gasteiger partial charge in [0.2, 0.25) is 0 Å². The fourth-order valence-corrected chi connectivity index (χ4v) is 2.19. The van der Waals surface area contributed by atoms with Crippen molar-refractivity contribution in [3.8, 4) is 11.3 Å². The van der Waals surface area contributed by atoms with E-state index >= 15 is 0 Å². The van der Waals surface area contributed by atoms with Gasteiger partial charge in [0.05, 0.1) is 11.3 Å². The summed E-state index contributed by atoms with van der Waals surface area (Å²) in [6.07, 6.45) is 1.66. The zero-order chi connectivity index (χ0) is 15.5. The molecule has 2 aromatic carbocycles. The summed E-state index contributed by atoms with van der Waals surface area (Å²) in [5.74, 6) is -1.16. The molecule has 0 bridgehead atoms. The van der Waals surface area contributed by atoms with Crippen LogP contribution < -0.4 is 5.32 Å². The lowest BCUT2D eigenvalue weighted by atomic mass is 10.1. The number of nitrogens with one attached hydrogen (secondary N) is 2. The molecule has 3 aromatic rings. The standard InChI is InChI=1S/C16H11ClFN3O/c17-11-3-6-14(18)13(9-11)16(22)20-12-4-1-10(2-5-12)15-7-8-19-21-15/h1-9H,(H,19,21)(H,20,22). The number of halogens is 2. The minimum absolute atomic E-state index is 0.0925. The molecule has 6 heteroatoms. The van der Waals surface area contributed by atoms with Gasteiger partial charge in [-0.05, 0) is 42.0 Å². The second-order valence-electron chi connectivity index (χ2n) is 4.63. The molecule has 2 N–H and O–H groups in total. The van der Waals surface area contributed by atoms with Crippen LogP contribution >= 0.6 is 11.6 Å². The smallest absolute Gasteiger partial charge is 0.258 e. The van der Waals surface area contributed by atoms with E-state index in [1.165, 1.54) is 18.2 Å². The van der Waals surface area contributed by atoms with Gasteiger partial charge in [0.25, 0.3) is 5.91 Å². The first-order valence-electron chi connectivity index (χ1n) is 6.50. The molecule has 1 amide bonds. The summed E-state index contributed by atoms with van der Waals surface area (Å²) in [5, 5.41) is 9.67. The summed E-state index contributed by atoms with van der Waals surface area (Å²) >= 11 is 5.79. The van der Waals surface area contributed by atoms with Crippen molar-refractivity contribution >= 4 is 23.2 Å². The minimum Gasteiger partial charge on any atom is -0.322 e. The summed E-state index contributed by atoms with van der Waals surface area (Å²) in [7, 11) is 0. The highest BCUT2D eigenvalue weighted by Gasteiger charge is 2.12. The van der Waals surface area contributed by atoms with Crippen molar-refractivity contribution in [2.24, 2.45) is 0 Å². The minimum atomic E-state index is -0.615. The Bertz CT molecular complexity index is 801. The lowest BCUT2D eigenvalue weighted by molar-refractivity contribution is 0.102. The van der Waals surface area contributed by atoms with E-state index in [9.17, 15) is 9.18 Å². The summed E-state index contributed by atoms with van der Waals surface area (Å²) in [5.41, 5.74) is 2.28. The summed E-state index contributed by atoms with van der Waals surface area (Å²) in [6, 6.07) is 12.8. The van der Waals surface area contributed by atoms with Crippen LogP contribution in [0.15, 0.2) is 54.7 Å². The highest BCUT2D eigenvalue weighted by Crippen LogP contribution is 2.20. The number of carbonyl (C=O) groups is 1. The molecule has 0 aliphatic heterocycles. The Hall–Kier alpha value is -2.66. The molecule has 110 valence electrons.